The number of esters is 1. The number of carbonyl (C=O) groups excluding carboxylic acids is 3. The van der Waals surface area contributed by atoms with E-state index in [0.29, 0.717) is 36.1 Å². The van der Waals surface area contributed by atoms with Gasteiger partial charge in [0, 0.05) is 49.0 Å². The van der Waals surface area contributed by atoms with Crippen LogP contribution in [0.5, 0.6) is 0 Å². The lowest BCUT2D eigenvalue weighted by Crippen LogP contribution is -2.37. The predicted octanol–water partition coefficient (Wildman–Crippen LogP) is 6.00. The summed E-state index contributed by atoms with van der Waals surface area (Å²) in [6, 6.07) is 21.2. The van der Waals surface area contributed by atoms with Gasteiger partial charge in [0.2, 0.25) is 0 Å². The first-order chi connectivity index (χ1) is 23.0. The molecule has 0 radical (unpaired) electrons. The monoisotopic (exact) mass is 672 g/mol. The summed E-state index contributed by atoms with van der Waals surface area (Å²) in [4.78, 5) is 60.7. The molecular weight excluding hydrogens is 640 g/mol. The van der Waals surface area contributed by atoms with Gasteiger partial charge in [-0.15, -0.1) is 0 Å². The van der Waals surface area contributed by atoms with Gasteiger partial charge in [-0.05, 0) is 70.1 Å². The molecule has 248 valence electrons. The van der Waals surface area contributed by atoms with Crippen molar-refractivity contribution in [1.29, 1.82) is 0 Å². The minimum atomic E-state index is -1.10. The van der Waals surface area contributed by atoms with E-state index in [1.165, 1.54) is 67.2 Å². The molecule has 0 aliphatic carbocycles. The van der Waals surface area contributed by atoms with Crippen LogP contribution in [0.15, 0.2) is 84.9 Å². The van der Waals surface area contributed by atoms with E-state index in [0.717, 1.165) is 16.3 Å². The Hall–Kier alpha value is -5.34. The van der Waals surface area contributed by atoms with Crippen LogP contribution in [0.3, 0.4) is 0 Å². The molecule has 3 atom stereocenters. The van der Waals surface area contributed by atoms with Gasteiger partial charge < -0.3 is 20.1 Å². The second-order valence-electron chi connectivity index (χ2n) is 11.3. The first-order valence-corrected chi connectivity index (χ1v) is 15.9. The summed E-state index contributed by atoms with van der Waals surface area (Å²) in [5.41, 5.74) is 8.89. The van der Waals surface area contributed by atoms with E-state index in [2.05, 4.69) is 0 Å². The summed E-state index contributed by atoms with van der Waals surface area (Å²) in [5.74, 6) is -0.659. The number of likely N-dealkylation sites (tertiary alicyclic amines) is 1. The predicted molar refractivity (Wildman–Crippen MR) is 178 cm³/mol. The lowest BCUT2D eigenvalue weighted by atomic mass is 9.92. The molecule has 4 aromatic carbocycles. The highest BCUT2D eigenvalue weighted by molar-refractivity contribution is 8.14. The third kappa shape index (κ3) is 8.14. The number of nitrogens with two attached hydrogens (primary N) is 1. The van der Waals surface area contributed by atoms with Crippen molar-refractivity contribution in [2.24, 2.45) is 5.73 Å². The van der Waals surface area contributed by atoms with E-state index in [1.54, 1.807) is 11.0 Å². The Morgan fingerprint density at radius 2 is 1.42 bits per heavy atom. The van der Waals surface area contributed by atoms with Crippen molar-refractivity contribution in [3.8, 4) is 0 Å². The molecule has 13 nitrogen and oxygen atoms in total. The van der Waals surface area contributed by atoms with Crippen molar-refractivity contribution >= 4 is 51.1 Å². The number of non-ortho nitro benzene ring substituents is 2. The number of nitro groups is 2. The van der Waals surface area contributed by atoms with Gasteiger partial charge >= 0.3 is 12.1 Å². The van der Waals surface area contributed by atoms with Crippen molar-refractivity contribution < 1.29 is 33.7 Å². The molecule has 1 fully saturated rings. The maximum absolute atomic E-state index is 13.3. The highest BCUT2D eigenvalue weighted by Crippen LogP contribution is 2.34. The average molecular weight is 673 g/mol. The van der Waals surface area contributed by atoms with Gasteiger partial charge in [0.15, 0.2) is 5.12 Å². The van der Waals surface area contributed by atoms with Crippen LogP contribution in [-0.4, -0.2) is 49.8 Å². The van der Waals surface area contributed by atoms with Crippen LogP contribution in [0.4, 0.5) is 16.2 Å². The normalized spacial score (nSPS) is 16.3. The number of amides is 1. The third-order valence-corrected chi connectivity index (χ3v) is 9.08. The summed E-state index contributed by atoms with van der Waals surface area (Å²) in [7, 11) is 0. The molecule has 0 spiro atoms. The SMILES string of the molecule is CC(=O)S[C@H]1C[C@@H](Cc2ccc(C(N)C(=O)OCc3ccc([N+](=O)[O-])cc3)c3ccccc23)N(C(=O)OCc2ccc([N+](=O)[O-])cc2)C1. The molecule has 48 heavy (non-hydrogen) atoms. The number of rotatable bonds is 11. The first kappa shape index (κ1) is 34.0. The molecule has 0 aromatic heterocycles. The quantitative estimate of drug-likeness (QED) is 0.112. The average Bonchev–Trinajstić information content (AvgIpc) is 3.47. The van der Waals surface area contributed by atoms with Crippen LogP contribution in [0.1, 0.15) is 41.6 Å². The van der Waals surface area contributed by atoms with Crippen molar-refractivity contribution in [1.82, 2.24) is 4.90 Å². The fourth-order valence-corrected chi connectivity index (χ4v) is 6.75. The summed E-state index contributed by atoms with van der Waals surface area (Å²) in [5, 5.41) is 23.3. The summed E-state index contributed by atoms with van der Waals surface area (Å²) < 4.78 is 11.0. The Labute approximate surface area is 279 Å². The van der Waals surface area contributed by atoms with E-state index in [-0.39, 0.29) is 41.0 Å². The maximum atomic E-state index is 13.3. The zero-order valence-electron chi connectivity index (χ0n) is 25.9. The van der Waals surface area contributed by atoms with Gasteiger partial charge in [-0.3, -0.25) is 25.0 Å². The molecule has 1 amide bonds. The summed E-state index contributed by atoms with van der Waals surface area (Å²) in [6.07, 6.45) is 0.452. The number of hydrogen-bond donors (Lipinski definition) is 1. The summed E-state index contributed by atoms with van der Waals surface area (Å²) >= 11 is 1.18. The lowest BCUT2D eigenvalue weighted by Gasteiger charge is -2.25. The zero-order chi connectivity index (χ0) is 34.4. The highest BCUT2D eigenvalue weighted by Gasteiger charge is 2.37. The number of nitrogens with zero attached hydrogens (tertiary/aromatic N) is 3. The van der Waals surface area contributed by atoms with E-state index < -0.39 is 28.0 Å². The summed E-state index contributed by atoms with van der Waals surface area (Å²) in [6.45, 7) is 1.63. The van der Waals surface area contributed by atoms with Gasteiger partial charge in [-0.25, -0.2) is 9.59 Å². The number of hydrogen-bond acceptors (Lipinski definition) is 11. The fraction of sp³-hybridized carbons (Fsp3) is 0.265. The smallest absolute Gasteiger partial charge is 0.410 e. The zero-order valence-corrected chi connectivity index (χ0v) is 26.7. The fourth-order valence-electron chi connectivity index (χ4n) is 5.73. The van der Waals surface area contributed by atoms with Crippen LogP contribution >= 0.6 is 11.8 Å². The van der Waals surface area contributed by atoms with Gasteiger partial charge in [-0.2, -0.15) is 0 Å². The van der Waals surface area contributed by atoms with Crippen LogP contribution in [-0.2, 0) is 38.7 Å². The molecule has 1 aliphatic heterocycles. The second-order valence-corrected chi connectivity index (χ2v) is 12.8. The molecule has 5 rings (SSSR count). The van der Waals surface area contributed by atoms with Gasteiger partial charge in [0.25, 0.3) is 11.4 Å². The number of thioether (sulfide) groups is 1. The van der Waals surface area contributed by atoms with Crippen LogP contribution in [0.25, 0.3) is 10.8 Å². The van der Waals surface area contributed by atoms with Crippen LogP contribution in [0, 0.1) is 20.2 Å². The van der Waals surface area contributed by atoms with Gasteiger partial charge in [-0.1, -0.05) is 48.2 Å². The second kappa shape index (κ2) is 15.0. The Balaban J connectivity index is 1.31. The van der Waals surface area contributed by atoms with E-state index in [4.69, 9.17) is 15.2 Å². The van der Waals surface area contributed by atoms with Crippen LogP contribution in [0.2, 0.25) is 0 Å². The minimum Gasteiger partial charge on any atom is -0.459 e. The van der Waals surface area contributed by atoms with E-state index in [1.807, 2.05) is 30.3 Å². The Morgan fingerprint density at radius 1 is 0.854 bits per heavy atom. The molecule has 1 unspecified atom stereocenters. The number of benzene rings is 4. The molecule has 0 bridgehead atoms. The minimum absolute atomic E-state index is 0.0518. The maximum Gasteiger partial charge on any atom is 0.410 e. The highest BCUT2D eigenvalue weighted by atomic mass is 32.2. The number of fused-ring (bicyclic) bond motifs is 1. The Morgan fingerprint density at radius 3 is 1.98 bits per heavy atom. The van der Waals surface area contributed by atoms with Crippen LogP contribution < -0.4 is 5.73 Å². The molecule has 2 N–H and O–H groups in total. The lowest BCUT2D eigenvalue weighted by molar-refractivity contribution is -0.385. The molecule has 14 heteroatoms. The van der Waals surface area contributed by atoms with Crippen molar-refractivity contribution in [2.75, 3.05) is 6.54 Å². The molecule has 1 saturated heterocycles. The van der Waals surface area contributed by atoms with Gasteiger partial charge in [0.1, 0.15) is 19.3 Å². The Kier molecular flexibility index (Phi) is 10.7. The number of ether oxygens (including phenoxy) is 2. The van der Waals surface area contributed by atoms with Gasteiger partial charge in [0.05, 0.1) is 9.85 Å². The van der Waals surface area contributed by atoms with Crippen molar-refractivity contribution in [3.63, 3.8) is 0 Å². The third-order valence-electron chi connectivity index (χ3n) is 8.07. The molecule has 4 aromatic rings. The van der Waals surface area contributed by atoms with Crippen molar-refractivity contribution in [3.05, 3.63) is 127 Å². The topological polar surface area (TPSA) is 185 Å². The largest absolute Gasteiger partial charge is 0.459 e. The number of nitro benzene ring substituents is 2. The molecule has 1 aliphatic rings. The number of carbonyl (C=O) groups is 3. The van der Waals surface area contributed by atoms with Crippen molar-refractivity contribution in [2.45, 2.75) is 50.3 Å². The molecule has 0 saturated carbocycles. The molecule has 1 heterocycles. The van der Waals surface area contributed by atoms with E-state index >= 15 is 0 Å². The first-order valence-electron chi connectivity index (χ1n) is 15.0. The Bertz CT molecular complexity index is 1850. The molecular formula is C34H32N4O9S. The van der Waals surface area contributed by atoms with E-state index in [9.17, 15) is 34.6 Å². The standard InChI is InChI=1S/C34H32N4O9S/c1-21(39)48-28-17-27(36(18-28)34(41)47-20-23-8-13-26(14-9-23)38(44)45)16-24-10-15-31(30-5-3-2-4-29(24)30)32(35)33(40)46-19-22-6-11-25(12-7-22)37(42)43/h2-15,27-28,32H,16-20,35H2,1H3/t27-,28+,32?/m1/s1.